The lowest BCUT2D eigenvalue weighted by Crippen LogP contribution is -2.16. The third-order valence-corrected chi connectivity index (χ3v) is 3.67. The number of benzene rings is 2. The molecule has 2 aromatic carbocycles. The van der Waals surface area contributed by atoms with E-state index in [4.69, 9.17) is 17.3 Å². The maximum absolute atomic E-state index is 13.7. The van der Waals surface area contributed by atoms with Crippen molar-refractivity contribution < 1.29 is 14.0 Å². The first-order chi connectivity index (χ1) is 9.90. The van der Waals surface area contributed by atoms with E-state index in [1.165, 1.54) is 30.3 Å². The normalized spacial score (nSPS) is 10.2. The Bertz CT molecular complexity index is 717. The van der Waals surface area contributed by atoms with Gasteiger partial charge in [0.15, 0.2) is 0 Å². The van der Waals surface area contributed by atoms with Gasteiger partial charge in [0, 0.05) is 10.2 Å². The van der Waals surface area contributed by atoms with Gasteiger partial charge in [-0.25, -0.2) is 4.39 Å². The predicted molar refractivity (Wildman–Crippen MR) is 82.0 cm³/mol. The molecule has 0 saturated carbocycles. The average molecular weight is 372 g/mol. The van der Waals surface area contributed by atoms with Crippen LogP contribution in [0.5, 0.6) is 0 Å². The van der Waals surface area contributed by atoms with Crippen LogP contribution in [0.3, 0.4) is 0 Å². The summed E-state index contributed by atoms with van der Waals surface area (Å²) in [5, 5.41) is 2.66. The molecule has 7 heteroatoms. The van der Waals surface area contributed by atoms with Crippen molar-refractivity contribution in [2.45, 2.75) is 0 Å². The first kappa shape index (κ1) is 15.5. The van der Waals surface area contributed by atoms with Crippen molar-refractivity contribution in [2.75, 3.05) is 5.32 Å². The summed E-state index contributed by atoms with van der Waals surface area (Å²) in [6, 6.07) is 8.45. The fraction of sp³-hybridized carbons (Fsp3) is 0. The Labute approximate surface area is 133 Å². The highest BCUT2D eigenvalue weighted by Gasteiger charge is 2.16. The van der Waals surface area contributed by atoms with Gasteiger partial charge in [0.05, 0.1) is 16.1 Å². The second-order valence-corrected chi connectivity index (χ2v) is 5.37. The van der Waals surface area contributed by atoms with E-state index in [0.717, 1.165) is 0 Å². The molecule has 2 amide bonds. The highest BCUT2D eigenvalue weighted by Crippen LogP contribution is 2.23. The standard InChI is InChI=1S/C14H9BrClFN2O2/c15-9-2-1-3-11(17)12(9)14(21)19-7-4-5-10(16)8(6-7)13(18)20/h1-6H,(H2,18,20)(H,19,21). The molecule has 2 aromatic rings. The third kappa shape index (κ3) is 3.40. The molecule has 21 heavy (non-hydrogen) atoms. The molecule has 0 radical (unpaired) electrons. The number of anilines is 1. The van der Waals surface area contributed by atoms with Crippen molar-refractivity contribution in [3.63, 3.8) is 0 Å². The Morgan fingerprint density at radius 2 is 1.95 bits per heavy atom. The summed E-state index contributed by atoms with van der Waals surface area (Å²) in [6.45, 7) is 0. The highest BCUT2D eigenvalue weighted by molar-refractivity contribution is 9.10. The van der Waals surface area contributed by atoms with E-state index in [0.29, 0.717) is 4.47 Å². The number of rotatable bonds is 3. The first-order valence-corrected chi connectivity index (χ1v) is 6.92. The molecular formula is C14H9BrClFN2O2. The van der Waals surface area contributed by atoms with Crippen molar-refractivity contribution in [1.29, 1.82) is 0 Å². The molecule has 0 aliphatic carbocycles. The van der Waals surface area contributed by atoms with Gasteiger partial charge >= 0.3 is 0 Å². The van der Waals surface area contributed by atoms with E-state index < -0.39 is 17.6 Å². The smallest absolute Gasteiger partial charge is 0.259 e. The van der Waals surface area contributed by atoms with Crippen molar-refractivity contribution in [3.8, 4) is 0 Å². The molecule has 2 rings (SSSR count). The lowest BCUT2D eigenvalue weighted by Gasteiger charge is -2.09. The summed E-state index contributed by atoms with van der Waals surface area (Å²) in [5.41, 5.74) is 5.40. The Morgan fingerprint density at radius 1 is 1.24 bits per heavy atom. The second kappa shape index (κ2) is 6.24. The van der Waals surface area contributed by atoms with Crippen LogP contribution in [0.15, 0.2) is 40.9 Å². The lowest BCUT2D eigenvalue weighted by molar-refractivity contribution is 0.0995. The van der Waals surface area contributed by atoms with E-state index in [9.17, 15) is 14.0 Å². The zero-order chi connectivity index (χ0) is 15.6. The second-order valence-electron chi connectivity index (χ2n) is 4.11. The molecule has 0 bridgehead atoms. The number of carbonyl (C=O) groups excluding carboxylic acids is 2. The molecule has 0 aromatic heterocycles. The number of hydrogen-bond acceptors (Lipinski definition) is 2. The van der Waals surface area contributed by atoms with Crippen LogP contribution in [0, 0.1) is 5.82 Å². The van der Waals surface area contributed by atoms with Gasteiger partial charge in [0.25, 0.3) is 5.91 Å². The molecule has 0 heterocycles. The Hall–Kier alpha value is -1.92. The van der Waals surface area contributed by atoms with Crippen LogP contribution in [0.25, 0.3) is 0 Å². The van der Waals surface area contributed by atoms with Crippen molar-refractivity contribution in [2.24, 2.45) is 5.73 Å². The molecule has 3 N–H and O–H groups in total. The number of nitrogens with one attached hydrogen (secondary N) is 1. The fourth-order valence-electron chi connectivity index (χ4n) is 1.70. The van der Waals surface area contributed by atoms with Crippen LogP contribution in [0.4, 0.5) is 10.1 Å². The number of nitrogens with two attached hydrogens (primary N) is 1. The molecule has 0 fully saturated rings. The molecule has 0 atom stereocenters. The van der Waals surface area contributed by atoms with Gasteiger partial charge in [0.2, 0.25) is 5.91 Å². The van der Waals surface area contributed by atoms with E-state index in [2.05, 4.69) is 21.2 Å². The van der Waals surface area contributed by atoms with Crippen LogP contribution >= 0.6 is 27.5 Å². The number of amides is 2. The molecule has 0 unspecified atom stereocenters. The summed E-state index contributed by atoms with van der Waals surface area (Å²) < 4.78 is 14.0. The Balaban J connectivity index is 2.32. The molecule has 0 aliphatic heterocycles. The highest BCUT2D eigenvalue weighted by atomic mass is 79.9. The quantitative estimate of drug-likeness (QED) is 0.865. The van der Waals surface area contributed by atoms with Crippen molar-refractivity contribution in [3.05, 3.63) is 62.8 Å². The van der Waals surface area contributed by atoms with E-state index in [1.807, 2.05) is 0 Å². The molecule has 0 saturated heterocycles. The van der Waals surface area contributed by atoms with Crippen LogP contribution in [0.2, 0.25) is 5.02 Å². The van der Waals surface area contributed by atoms with Gasteiger partial charge < -0.3 is 11.1 Å². The van der Waals surface area contributed by atoms with Gasteiger partial charge in [-0.2, -0.15) is 0 Å². The number of hydrogen-bond donors (Lipinski definition) is 2. The van der Waals surface area contributed by atoms with Crippen molar-refractivity contribution in [1.82, 2.24) is 0 Å². The molecule has 108 valence electrons. The monoisotopic (exact) mass is 370 g/mol. The maximum atomic E-state index is 13.7. The average Bonchev–Trinajstić information content (AvgIpc) is 2.40. The number of halogens is 3. The summed E-state index contributed by atoms with van der Waals surface area (Å²) in [7, 11) is 0. The summed E-state index contributed by atoms with van der Waals surface area (Å²) in [5.74, 6) is -2.04. The van der Waals surface area contributed by atoms with Crippen LogP contribution in [0.1, 0.15) is 20.7 Å². The predicted octanol–water partition coefficient (Wildman–Crippen LogP) is 3.59. The van der Waals surface area contributed by atoms with Crippen LogP contribution in [-0.4, -0.2) is 11.8 Å². The van der Waals surface area contributed by atoms with Gasteiger partial charge in [-0.1, -0.05) is 17.7 Å². The molecule has 4 nitrogen and oxygen atoms in total. The first-order valence-electron chi connectivity index (χ1n) is 5.75. The zero-order valence-corrected chi connectivity index (χ0v) is 12.8. The van der Waals surface area contributed by atoms with Gasteiger partial charge in [-0.3, -0.25) is 9.59 Å². The lowest BCUT2D eigenvalue weighted by atomic mass is 10.1. The van der Waals surface area contributed by atoms with Crippen molar-refractivity contribution >= 4 is 45.0 Å². The minimum atomic E-state index is -0.719. The van der Waals surface area contributed by atoms with E-state index in [1.54, 1.807) is 6.07 Å². The third-order valence-electron chi connectivity index (χ3n) is 2.68. The molecular weight excluding hydrogens is 363 g/mol. The Kier molecular flexibility index (Phi) is 4.59. The fourth-order valence-corrected chi connectivity index (χ4v) is 2.43. The number of carbonyl (C=O) groups is 2. The SMILES string of the molecule is NC(=O)c1cc(NC(=O)c2c(F)cccc2Br)ccc1Cl. The van der Waals surface area contributed by atoms with Crippen LogP contribution in [-0.2, 0) is 0 Å². The van der Waals surface area contributed by atoms with E-state index >= 15 is 0 Å². The number of primary amides is 1. The minimum Gasteiger partial charge on any atom is -0.366 e. The van der Waals surface area contributed by atoms with Gasteiger partial charge in [0.1, 0.15) is 5.82 Å². The topological polar surface area (TPSA) is 72.2 Å². The Morgan fingerprint density at radius 3 is 2.57 bits per heavy atom. The zero-order valence-electron chi connectivity index (χ0n) is 10.5. The summed E-state index contributed by atoms with van der Waals surface area (Å²) >= 11 is 8.93. The van der Waals surface area contributed by atoms with Crippen LogP contribution < -0.4 is 11.1 Å². The summed E-state index contributed by atoms with van der Waals surface area (Å²) in [4.78, 5) is 23.3. The molecule has 0 aliphatic rings. The largest absolute Gasteiger partial charge is 0.366 e. The summed E-state index contributed by atoms with van der Waals surface area (Å²) in [6.07, 6.45) is 0. The maximum Gasteiger partial charge on any atom is 0.259 e. The van der Waals surface area contributed by atoms with Gasteiger partial charge in [-0.15, -0.1) is 0 Å². The molecule has 0 spiro atoms. The van der Waals surface area contributed by atoms with E-state index in [-0.39, 0.29) is 21.8 Å². The van der Waals surface area contributed by atoms with Gasteiger partial charge in [-0.05, 0) is 46.3 Å². The minimum absolute atomic E-state index is 0.0714.